The number of carbonyl (C=O) groups is 2. The number of carbonyl (C=O) groups excluding carboxylic acids is 2. The molecule has 2 aromatic rings. The van der Waals surface area contributed by atoms with E-state index in [1.54, 1.807) is 24.3 Å². The highest BCUT2D eigenvalue weighted by Crippen LogP contribution is 2.17. The minimum Gasteiger partial charge on any atom is -0.378 e. The van der Waals surface area contributed by atoms with Gasteiger partial charge in [0.1, 0.15) is 0 Å². The summed E-state index contributed by atoms with van der Waals surface area (Å²) < 4.78 is 0. The average molecular weight is 359 g/mol. The number of hydrogen-bond acceptors (Lipinski definition) is 3. The van der Waals surface area contributed by atoms with Gasteiger partial charge in [-0.3, -0.25) is 9.59 Å². The Kier molecular flexibility index (Phi) is 7.02. The molecule has 5 heteroatoms. The van der Waals surface area contributed by atoms with Gasteiger partial charge in [0.25, 0.3) is 0 Å². The van der Waals surface area contributed by atoms with Gasteiger partial charge in [-0.05, 0) is 36.2 Å². The molecule has 0 fully saturated rings. The van der Waals surface area contributed by atoms with Crippen LogP contribution in [0.15, 0.2) is 48.5 Å². The normalized spacial score (nSPS) is 10.4. The van der Waals surface area contributed by atoms with E-state index >= 15 is 0 Å². The summed E-state index contributed by atoms with van der Waals surface area (Å²) in [7, 11) is 4.00. The van der Waals surface area contributed by atoms with Gasteiger partial charge >= 0.3 is 0 Å². The van der Waals surface area contributed by atoms with E-state index < -0.39 is 0 Å². The number of Topliss-reactive ketones (excluding diaryl/α,β-unsaturated/α-hetero) is 1. The van der Waals surface area contributed by atoms with Gasteiger partial charge < -0.3 is 10.2 Å². The molecule has 132 valence electrons. The standard InChI is InChI=1S/C20H23ClN2O2/c1-23(2)16-9-7-15(8-10-16)13-14-22-20(25)12-11-19(24)17-5-3-4-6-18(17)21/h3-10H,11-14H2,1-2H3,(H,22,25). The molecule has 0 atom stereocenters. The maximum atomic E-state index is 12.1. The number of nitrogens with one attached hydrogen (secondary N) is 1. The Labute approximate surface area is 153 Å². The second-order valence-electron chi connectivity index (χ2n) is 6.06. The molecule has 1 N–H and O–H groups in total. The topological polar surface area (TPSA) is 49.4 Å². The smallest absolute Gasteiger partial charge is 0.220 e. The summed E-state index contributed by atoms with van der Waals surface area (Å²) in [6.45, 7) is 0.556. The molecule has 0 unspecified atom stereocenters. The van der Waals surface area contributed by atoms with Crippen LogP contribution in [-0.2, 0) is 11.2 Å². The Balaban J connectivity index is 1.72. The van der Waals surface area contributed by atoms with Gasteiger partial charge in [-0.25, -0.2) is 0 Å². The summed E-state index contributed by atoms with van der Waals surface area (Å²) in [5, 5.41) is 3.28. The summed E-state index contributed by atoms with van der Waals surface area (Å²) in [6, 6.07) is 15.1. The van der Waals surface area contributed by atoms with Crippen LogP contribution in [0.4, 0.5) is 5.69 Å². The van der Waals surface area contributed by atoms with Gasteiger partial charge in [-0.1, -0.05) is 35.9 Å². The zero-order valence-corrected chi connectivity index (χ0v) is 15.3. The molecule has 0 aromatic heterocycles. The van der Waals surface area contributed by atoms with Crippen LogP contribution in [0.3, 0.4) is 0 Å². The van der Waals surface area contributed by atoms with Crippen molar-refractivity contribution in [2.45, 2.75) is 19.3 Å². The molecule has 0 radical (unpaired) electrons. The number of halogens is 1. The second kappa shape index (κ2) is 9.23. The lowest BCUT2D eigenvalue weighted by Gasteiger charge is -2.12. The molecule has 0 aliphatic carbocycles. The first-order chi connectivity index (χ1) is 12.0. The predicted octanol–water partition coefficient (Wildman–Crippen LogP) is 3.73. The minimum absolute atomic E-state index is 0.111. The van der Waals surface area contributed by atoms with E-state index in [4.69, 9.17) is 11.6 Å². The third kappa shape index (κ3) is 5.91. The van der Waals surface area contributed by atoms with Crippen LogP contribution in [0.25, 0.3) is 0 Å². The number of nitrogens with zero attached hydrogens (tertiary/aromatic N) is 1. The van der Waals surface area contributed by atoms with Crippen LogP contribution in [0.1, 0.15) is 28.8 Å². The van der Waals surface area contributed by atoms with Gasteiger partial charge in [0.15, 0.2) is 5.78 Å². The van der Waals surface area contributed by atoms with E-state index in [1.165, 1.54) is 0 Å². The van der Waals surface area contributed by atoms with Crippen molar-refractivity contribution in [2.24, 2.45) is 0 Å². The van der Waals surface area contributed by atoms with Crippen molar-refractivity contribution in [1.82, 2.24) is 5.32 Å². The van der Waals surface area contributed by atoms with Crippen LogP contribution in [0.2, 0.25) is 5.02 Å². The van der Waals surface area contributed by atoms with Gasteiger partial charge in [0.2, 0.25) is 5.91 Å². The Bertz CT molecular complexity index is 727. The molecule has 0 aliphatic heterocycles. The maximum Gasteiger partial charge on any atom is 0.220 e. The van der Waals surface area contributed by atoms with E-state index in [0.717, 1.165) is 17.7 Å². The Morgan fingerprint density at radius 1 is 1.00 bits per heavy atom. The molecule has 0 bridgehead atoms. The van der Waals surface area contributed by atoms with E-state index in [2.05, 4.69) is 29.6 Å². The first kappa shape index (κ1) is 19.0. The minimum atomic E-state index is -0.120. The lowest BCUT2D eigenvalue weighted by molar-refractivity contribution is -0.121. The first-order valence-electron chi connectivity index (χ1n) is 8.28. The van der Waals surface area contributed by atoms with Crippen molar-refractivity contribution < 1.29 is 9.59 Å². The quantitative estimate of drug-likeness (QED) is 0.731. The highest BCUT2D eigenvalue weighted by atomic mass is 35.5. The van der Waals surface area contributed by atoms with Crippen LogP contribution in [0.5, 0.6) is 0 Å². The summed E-state index contributed by atoms with van der Waals surface area (Å²) in [5.74, 6) is -0.231. The van der Waals surface area contributed by atoms with Crippen molar-refractivity contribution in [3.63, 3.8) is 0 Å². The van der Waals surface area contributed by atoms with Crippen molar-refractivity contribution in [1.29, 1.82) is 0 Å². The molecule has 0 spiro atoms. The van der Waals surface area contributed by atoms with Crippen LogP contribution >= 0.6 is 11.6 Å². The average Bonchev–Trinajstić information content (AvgIpc) is 2.60. The summed E-state index contributed by atoms with van der Waals surface area (Å²) >= 11 is 5.99. The van der Waals surface area contributed by atoms with Gasteiger partial charge in [0.05, 0.1) is 5.02 Å². The fourth-order valence-electron chi connectivity index (χ4n) is 2.44. The van der Waals surface area contributed by atoms with Crippen LogP contribution < -0.4 is 10.2 Å². The highest BCUT2D eigenvalue weighted by Gasteiger charge is 2.11. The lowest BCUT2D eigenvalue weighted by atomic mass is 10.1. The number of hydrogen-bond donors (Lipinski definition) is 1. The number of ketones is 1. The molecule has 0 aliphatic rings. The second-order valence-corrected chi connectivity index (χ2v) is 6.47. The summed E-state index contributed by atoms with van der Waals surface area (Å²) in [4.78, 5) is 26.0. The molecule has 4 nitrogen and oxygen atoms in total. The number of anilines is 1. The molecule has 0 heterocycles. The van der Waals surface area contributed by atoms with Gasteiger partial charge in [-0.15, -0.1) is 0 Å². The molecule has 2 aromatic carbocycles. The molecular weight excluding hydrogens is 336 g/mol. The molecule has 0 saturated heterocycles. The van der Waals surface area contributed by atoms with E-state index in [1.807, 2.05) is 19.0 Å². The summed E-state index contributed by atoms with van der Waals surface area (Å²) in [6.07, 6.45) is 1.09. The first-order valence-corrected chi connectivity index (χ1v) is 8.66. The number of rotatable bonds is 8. The molecule has 0 saturated carbocycles. The van der Waals surface area contributed by atoms with Crippen molar-refractivity contribution in [3.05, 3.63) is 64.7 Å². The molecule has 25 heavy (non-hydrogen) atoms. The fourth-order valence-corrected chi connectivity index (χ4v) is 2.69. The fraction of sp³-hybridized carbons (Fsp3) is 0.300. The zero-order valence-electron chi connectivity index (χ0n) is 14.6. The number of amides is 1. The van der Waals surface area contributed by atoms with Gasteiger partial charge in [0, 0.05) is 44.7 Å². The van der Waals surface area contributed by atoms with Crippen molar-refractivity contribution >= 4 is 29.0 Å². The SMILES string of the molecule is CN(C)c1ccc(CCNC(=O)CCC(=O)c2ccccc2Cl)cc1. The zero-order chi connectivity index (χ0) is 18.2. The Morgan fingerprint density at radius 2 is 1.68 bits per heavy atom. The van der Waals surface area contributed by atoms with Crippen LogP contribution in [-0.4, -0.2) is 32.3 Å². The summed E-state index contributed by atoms with van der Waals surface area (Å²) in [5.41, 5.74) is 2.78. The third-order valence-corrected chi connectivity index (χ3v) is 4.27. The van der Waals surface area contributed by atoms with E-state index in [-0.39, 0.29) is 24.5 Å². The van der Waals surface area contributed by atoms with E-state index in [0.29, 0.717) is 17.1 Å². The Morgan fingerprint density at radius 3 is 2.32 bits per heavy atom. The van der Waals surface area contributed by atoms with Crippen molar-refractivity contribution in [2.75, 3.05) is 25.5 Å². The predicted molar refractivity (Wildman–Crippen MR) is 102 cm³/mol. The van der Waals surface area contributed by atoms with Gasteiger partial charge in [-0.2, -0.15) is 0 Å². The largest absolute Gasteiger partial charge is 0.378 e. The highest BCUT2D eigenvalue weighted by molar-refractivity contribution is 6.34. The van der Waals surface area contributed by atoms with E-state index in [9.17, 15) is 9.59 Å². The number of benzene rings is 2. The Hall–Kier alpha value is -2.33. The monoisotopic (exact) mass is 358 g/mol. The maximum absolute atomic E-state index is 12.1. The molecule has 1 amide bonds. The third-order valence-electron chi connectivity index (χ3n) is 3.94. The molecule has 2 rings (SSSR count). The van der Waals surface area contributed by atoms with Crippen molar-refractivity contribution in [3.8, 4) is 0 Å². The lowest BCUT2D eigenvalue weighted by Crippen LogP contribution is -2.26. The molecular formula is C20H23ClN2O2. The van der Waals surface area contributed by atoms with Crippen LogP contribution in [0, 0.1) is 0 Å².